The molecule has 3 heteroatoms. The van der Waals surface area contributed by atoms with Crippen molar-refractivity contribution in [2.75, 3.05) is 0 Å². The summed E-state index contributed by atoms with van der Waals surface area (Å²) in [5, 5.41) is 0. The molecule has 4 heavy (non-hydrogen) atoms. The SMILES string of the molecule is O=[C]([Ir])[Ir]. The summed E-state index contributed by atoms with van der Waals surface area (Å²) in [4.78, 5) is 9.44. The minimum absolute atomic E-state index is 0.167. The van der Waals surface area contributed by atoms with Crippen LogP contribution in [-0.2, 0) is 37.8 Å². The molecule has 0 atom stereocenters. The quantitative estimate of drug-likeness (QED) is 0.556. The third-order valence-corrected chi connectivity index (χ3v) is 0. The van der Waals surface area contributed by atoms with E-state index in [0.29, 0.717) is 0 Å². The van der Waals surface area contributed by atoms with Crippen LogP contribution >= 0.6 is 0 Å². The van der Waals surface area contributed by atoms with E-state index < -0.39 is 0 Å². The fourth-order valence-corrected chi connectivity index (χ4v) is 0. The average molecular weight is 412 g/mol. The first-order valence-electron chi connectivity index (χ1n) is 0.537. The summed E-state index contributed by atoms with van der Waals surface area (Å²) < 4.78 is 0.167. The first kappa shape index (κ1) is 4.97. The fraction of sp³-hybridized carbons (Fsp3) is 0. The molecule has 0 saturated carbocycles. The van der Waals surface area contributed by atoms with Gasteiger partial charge in [-0.1, -0.05) is 0 Å². The maximum absolute atomic E-state index is 9.44. The van der Waals surface area contributed by atoms with Crippen LogP contribution in [0.1, 0.15) is 0 Å². The molecule has 0 aromatic carbocycles. The standard InChI is InChI=1S/CO.2Ir/c1-2;;. The normalized spacial score (nSPS) is 7.00. The Morgan fingerprint density at radius 1 is 1.50 bits per heavy atom. The van der Waals surface area contributed by atoms with Gasteiger partial charge in [-0.05, 0) is 0 Å². The van der Waals surface area contributed by atoms with E-state index >= 15 is 0 Å². The zero-order chi connectivity index (χ0) is 3.58. The number of carbonyl (C=O) groups is 1. The third kappa shape index (κ3) is 12.3. The molecule has 0 aliphatic carbocycles. The van der Waals surface area contributed by atoms with E-state index in [0.717, 1.165) is 0 Å². The second kappa shape index (κ2) is 2.22. The van der Waals surface area contributed by atoms with Gasteiger partial charge in [0, 0.05) is 0 Å². The molecule has 0 aliphatic rings. The van der Waals surface area contributed by atoms with Crippen LogP contribution in [0.15, 0.2) is 0 Å². The van der Waals surface area contributed by atoms with E-state index in [-0.39, 0.29) is 2.81 Å². The molecule has 1 nitrogen and oxygen atoms in total. The van der Waals surface area contributed by atoms with Crippen LogP contribution in [0.3, 0.4) is 0 Å². The van der Waals surface area contributed by atoms with Crippen LogP contribution in [0.25, 0.3) is 0 Å². The van der Waals surface area contributed by atoms with Crippen LogP contribution in [0.5, 0.6) is 0 Å². The van der Waals surface area contributed by atoms with Gasteiger partial charge < -0.3 is 0 Å². The first-order chi connectivity index (χ1) is 1.73. The Kier molecular flexibility index (Phi) is 2.76. The summed E-state index contributed by atoms with van der Waals surface area (Å²) in [6.45, 7) is 0. The summed E-state index contributed by atoms with van der Waals surface area (Å²) in [5.74, 6) is 0. The summed E-state index contributed by atoms with van der Waals surface area (Å²) >= 11 is 3.06. The summed E-state index contributed by atoms with van der Waals surface area (Å²) in [6, 6.07) is 0. The molecule has 0 aromatic rings. The molecular weight excluding hydrogens is 412 g/mol. The predicted molar refractivity (Wildman–Crippen MR) is 5.40 cm³/mol. The van der Waals surface area contributed by atoms with Crippen molar-refractivity contribution in [1.29, 1.82) is 0 Å². The predicted octanol–water partition coefficient (Wildman–Crippen LogP) is 0.200. The number of hydrogen-bond acceptors (Lipinski definition) is 1. The molecule has 0 unspecified atom stereocenters. The third-order valence-electron chi connectivity index (χ3n) is 0. The molecular formula is CIr2O. The molecule has 0 aromatic heterocycles. The van der Waals surface area contributed by atoms with Gasteiger partial charge in [-0.25, -0.2) is 0 Å². The molecule has 0 aliphatic heterocycles. The minimum atomic E-state index is 0.167. The van der Waals surface area contributed by atoms with Gasteiger partial charge in [0.15, 0.2) is 0 Å². The summed E-state index contributed by atoms with van der Waals surface area (Å²) in [5.41, 5.74) is 0. The van der Waals surface area contributed by atoms with E-state index in [9.17, 15) is 4.79 Å². The maximum atomic E-state index is 9.44. The van der Waals surface area contributed by atoms with E-state index in [1.807, 2.05) is 0 Å². The fourth-order valence-electron chi connectivity index (χ4n) is 0. The Morgan fingerprint density at radius 2 is 1.50 bits per heavy atom. The summed E-state index contributed by atoms with van der Waals surface area (Å²) in [7, 11) is 0. The zero-order valence-electron chi connectivity index (χ0n) is 1.57. The Labute approximate surface area is 45.5 Å². The Balaban J connectivity index is 2.80. The van der Waals surface area contributed by atoms with Crippen molar-refractivity contribution in [3.8, 4) is 0 Å². The number of carbonyl (C=O) groups excluding carboxylic acids is 1. The van der Waals surface area contributed by atoms with Crippen LogP contribution < -0.4 is 0 Å². The first-order valence-corrected chi connectivity index (χ1v) is 2.93. The van der Waals surface area contributed by atoms with E-state index in [1.165, 1.54) is 37.8 Å². The van der Waals surface area contributed by atoms with E-state index in [1.54, 1.807) is 0 Å². The molecule has 0 N–H and O–H groups in total. The molecule has 0 amide bonds. The Morgan fingerprint density at radius 3 is 1.50 bits per heavy atom. The summed E-state index contributed by atoms with van der Waals surface area (Å²) in [6.07, 6.45) is 0. The monoisotopic (exact) mass is 414 g/mol. The topological polar surface area (TPSA) is 17.1 Å². The number of hydrogen-bond donors (Lipinski definition) is 0. The molecule has 0 bridgehead atoms. The Hall–Kier alpha value is 0.969. The van der Waals surface area contributed by atoms with Crippen LogP contribution in [-0.4, -0.2) is 2.81 Å². The average Bonchev–Trinajstić information content (AvgIpc) is 0.811. The van der Waals surface area contributed by atoms with Crippen molar-refractivity contribution in [2.24, 2.45) is 0 Å². The second-order valence-electron chi connectivity index (χ2n) is 0.192. The van der Waals surface area contributed by atoms with Gasteiger partial charge in [-0.2, -0.15) is 0 Å². The van der Waals surface area contributed by atoms with Crippen molar-refractivity contribution in [2.45, 2.75) is 0 Å². The molecule has 0 spiro atoms. The zero-order valence-corrected chi connectivity index (χ0v) is 6.37. The number of rotatable bonds is 0. The van der Waals surface area contributed by atoms with Gasteiger partial charge in [0.05, 0.1) is 0 Å². The molecule has 0 saturated heterocycles. The second-order valence-corrected chi connectivity index (χ2v) is 4.84. The van der Waals surface area contributed by atoms with E-state index in [4.69, 9.17) is 0 Å². The molecule has 0 rings (SSSR count). The van der Waals surface area contributed by atoms with Gasteiger partial charge in [-0.15, -0.1) is 0 Å². The van der Waals surface area contributed by atoms with Crippen molar-refractivity contribution < 1.29 is 42.6 Å². The van der Waals surface area contributed by atoms with Gasteiger partial charge in [0.1, 0.15) is 0 Å². The Bertz CT molecular complexity index is 29.0. The molecule has 0 radical (unpaired) electrons. The van der Waals surface area contributed by atoms with Gasteiger partial charge in [-0.3, -0.25) is 0 Å². The van der Waals surface area contributed by atoms with Crippen LogP contribution in [0.4, 0.5) is 4.79 Å². The van der Waals surface area contributed by atoms with Crippen molar-refractivity contribution in [1.82, 2.24) is 0 Å². The van der Waals surface area contributed by atoms with Crippen LogP contribution in [0, 0.1) is 0 Å². The van der Waals surface area contributed by atoms with Crippen molar-refractivity contribution in [3.05, 3.63) is 0 Å². The molecule has 0 fully saturated rings. The van der Waals surface area contributed by atoms with E-state index in [2.05, 4.69) is 0 Å². The van der Waals surface area contributed by atoms with Gasteiger partial charge >= 0.3 is 45.4 Å². The molecule has 0 heterocycles. The molecule has 28 valence electrons. The van der Waals surface area contributed by atoms with Crippen molar-refractivity contribution in [3.63, 3.8) is 0 Å². The van der Waals surface area contributed by atoms with Gasteiger partial charge in [0.25, 0.3) is 0 Å². The van der Waals surface area contributed by atoms with Gasteiger partial charge in [0.2, 0.25) is 0 Å². The van der Waals surface area contributed by atoms with Crippen molar-refractivity contribution >= 4 is 2.81 Å². The van der Waals surface area contributed by atoms with Crippen LogP contribution in [0.2, 0.25) is 0 Å².